The van der Waals surface area contributed by atoms with Gasteiger partial charge in [0.15, 0.2) is 0 Å². The zero-order valence-electron chi connectivity index (χ0n) is 10.5. The van der Waals surface area contributed by atoms with Gasteiger partial charge in [-0.15, -0.1) is 11.8 Å². The highest BCUT2D eigenvalue weighted by Gasteiger charge is 2.32. The van der Waals surface area contributed by atoms with Gasteiger partial charge in [-0.05, 0) is 24.1 Å². The molecule has 2 unspecified atom stereocenters. The summed E-state index contributed by atoms with van der Waals surface area (Å²) in [5.74, 6) is -0.0512. The van der Waals surface area contributed by atoms with E-state index in [4.69, 9.17) is 9.84 Å². The minimum Gasteiger partial charge on any atom is -0.497 e. The van der Waals surface area contributed by atoms with Crippen molar-refractivity contribution in [2.24, 2.45) is 0 Å². The van der Waals surface area contributed by atoms with Crippen molar-refractivity contribution in [2.75, 3.05) is 12.9 Å². The van der Waals surface area contributed by atoms with Gasteiger partial charge in [0.1, 0.15) is 11.8 Å². The molecule has 2 rings (SSSR count). The summed E-state index contributed by atoms with van der Waals surface area (Å²) in [4.78, 5) is 22.6. The van der Waals surface area contributed by atoms with E-state index >= 15 is 0 Å². The van der Waals surface area contributed by atoms with Crippen molar-refractivity contribution < 1.29 is 19.4 Å². The standard InChI is InChI=1S/C13H15NO4S/c1-18-9-4-2-3-8(5-9)6-11-12(15)14-10(7-19-11)13(16)17/h2-5,10-11H,6-7H2,1H3,(H,14,15)(H,16,17). The summed E-state index contributed by atoms with van der Waals surface area (Å²) in [6.45, 7) is 0. The Morgan fingerprint density at radius 2 is 2.37 bits per heavy atom. The highest BCUT2D eigenvalue weighted by Crippen LogP contribution is 2.23. The quantitative estimate of drug-likeness (QED) is 0.858. The molecule has 19 heavy (non-hydrogen) atoms. The molecule has 0 spiro atoms. The van der Waals surface area contributed by atoms with Gasteiger partial charge in [-0.1, -0.05) is 12.1 Å². The normalized spacial score (nSPS) is 22.7. The van der Waals surface area contributed by atoms with Crippen LogP contribution in [0, 0.1) is 0 Å². The first kappa shape index (κ1) is 13.7. The molecule has 2 atom stereocenters. The number of rotatable bonds is 4. The van der Waals surface area contributed by atoms with Gasteiger partial charge in [-0.25, -0.2) is 4.79 Å². The molecule has 0 radical (unpaired) electrons. The summed E-state index contributed by atoms with van der Waals surface area (Å²) in [5.41, 5.74) is 1.00. The number of carboxylic acids is 1. The number of benzene rings is 1. The first-order valence-corrected chi connectivity index (χ1v) is 6.92. The molecule has 6 heteroatoms. The van der Waals surface area contributed by atoms with E-state index in [1.807, 2.05) is 24.3 Å². The summed E-state index contributed by atoms with van der Waals surface area (Å²) < 4.78 is 5.13. The Balaban J connectivity index is 2.00. The van der Waals surface area contributed by atoms with Crippen molar-refractivity contribution in [3.63, 3.8) is 0 Å². The van der Waals surface area contributed by atoms with E-state index in [-0.39, 0.29) is 11.2 Å². The maximum atomic E-state index is 11.8. The number of carboxylic acid groups (broad SMARTS) is 1. The molecule has 0 aliphatic carbocycles. The number of methoxy groups -OCH3 is 1. The van der Waals surface area contributed by atoms with Gasteiger partial charge in [0, 0.05) is 5.75 Å². The largest absolute Gasteiger partial charge is 0.497 e. The molecule has 1 heterocycles. The molecule has 1 aromatic rings. The molecule has 1 aromatic carbocycles. The molecule has 0 aromatic heterocycles. The highest BCUT2D eigenvalue weighted by atomic mass is 32.2. The third kappa shape index (κ3) is 3.41. The van der Waals surface area contributed by atoms with Crippen molar-refractivity contribution in [3.8, 4) is 5.75 Å². The van der Waals surface area contributed by atoms with E-state index < -0.39 is 12.0 Å². The van der Waals surface area contributed by atoms with Gasteiger partial charge in [0.2, 0.25) is 5.91 Å². The van der Waals surface area contributed by atoms with Crippen LogP contribution in [0.5, 0.6) is 5.75 Å². The predicted octanol–water partition coefficient (Wildman–Crippen LogP) is 0.922. The Labute approximate surface area is 115 Å². The Kier molecular flexibility index (Phi) is 4.31. The maximum absolute atomic E-state index is 11.8. The molecular weight excluding hydrogens is 266 g/mol. The first-order chi connectivity index (χ1) is 9.10. The number of carbonyl (C=O) groups is 2. The molecule has 1 aliphatic rings. The van der Waals surface area contributed by atoms with Crippen molar-refractivity contribution in [3.05, 3.63) is 29.8 Å². The fraction of sp³-hybridized carbons (Fsp3) is 0.385. The van der Waals surface area contributed by atoms with Crippen LogP contribution in [0.1, 0.15) is 5.56 Å². The van der Waals surface area contributed by atoms with Crippen LogP contribution in [-0.4, -0.2) is 41.1 Å². The molecule has 0 bridgehead atoms. The lowest BCUT2D eigenvalue weighted by Gasteiger charge is -2.26. The number of carbonyl (C=O) groups excluding carboxylic acids is 1. The third-order valence-corrected chi connectivity index (χ3v) is 4.24. The van der Waals surface area contributed by atoms with Crippen LogP contribution < -0.4 is 10.1 Å². The van der Waals surface area contributed by atoms with E-state index in [9.17, 15) is 9.59 Å². The van der Waals surface area contributed by atoms with Gasteiger partial charge >= 0.3 is 5.97 Å². The molecule has 0 saturated carbocycles. The number of amides is 1. The zero-order chi connectivity index (χ0) is 13.8. The molecule has 1 aliphatic heterocycles. The van der Waals surface area contributed by atoms with Crippen molar-refractivity contribution in [1.29, 1.82) is 0 Å². The van der Waals surface area contributed by atoms with Gasteiger partial charge < -0.3 is 15.2 Å². The zero-order valence-corrected chi connectivity index (χ0v) is 11.3. The number of thioether (sulfide) groups is 1. The monoisotopic (exact) mass is 281 g/mol. The van der Waals surface area contributed by atoms with Crippen LogP contribution in [0.3, 0.4) is 0 Å². The molecule has 1 fully saturated rings. The summed E-state index contributed by atoms with van der Waals surface area (Å²) in [7, 11) is 1.60. The second kappa shape index (κ2) is 5.97. The van der Waals surface area contributed by atoms with Crippen molar-refractivity contribution in [2.45, 2.75) is 17.7 Å². The van der Waals surface area contributed by atoms with Gasteiger partial charge in [-0.2, -0.15) is 0 Å². The van der Waals surface area contributed by atoms with Crippen LogP contribution in [0.2, 0.25) is 0 Å². The van der Waals surface area contributed by atoms with E-state index in [0.717, 1.165) is 11.3 Å². The molecule has 102 valence electrons. The lowest BCUT2D eigenvalue weighted by molar-refractivity contribution is -0.141. The molecule has 5 nitrogen and oxygen atoms in total. The number of ether oxygens (including phenoxy) is 1. The van der Waals surface area contributed by atoms with Crippen LogP contribution >= 0.6 is 11.8 Å². The second-order valence-electron chi connectivity index (χ2n) is 4.28. The van der Waals surface area contributed by atoms with Crippen molar-refractivity contribution in [1.82, 2.24) is 5.32 Å². The van der Waals surface area contributed by atoms with Crippen LogP contribution in [0.25, 0.3) is 0 Å². The number of nitrogens with one attached hydrogen (secondary N) is 1. The topological polar surface area (TPSA) is 75.6 Å². The van der Waals surface area contributed by atoms with E-state index in [2.05, 4.69) is 5.32 Å². The SMILES string of the molecule is COc1cccc(CC2SCC(C(=O)O)NC2=O)c1. The summed E-state index contributed by atoms with van der Waals surface area (Å²) >= 11 is 1.38. The number of hydrogen-bond acceptors (Lipinski definition) is 4. The van der Waals surface area contributed by atoms with E-state index in [1.165, 1.54) is 11.8 Å². The average Bonchev–Trinajstić information content (AvgIpc) is 2.41. The van der Waals surface area contributed by atoms with E-state index in [0.29, 0.717) is 12.2 Å². The second-order valence-corrected chi connectivity index (χ2v) is 5.51. The summed E-state index contributed by atoms with van der Waals surface area (Å²) in [5, 5.41) is 11.1. The van der Waals surface area contributed by atoms with Crippen LogP contribution in [0.4, 0.5) is 0 Å². The fourth-order valence-corrected chi connectivity index (χ4v) is 3.07. The lowest BCUT2D eigenvalue weighted by Crippen LogP contribution is -2.51. The van der Waals surface area contributed by atoms with Crippen LogP contribution in [0.15, 0.2) is 24.3 Å². The Morgan fingerprint density at radius 1 is 1.58 bits per heavy atom. The average molecular weight is 281 g/mol. The third-order valence-electron chi connectivity index (χ3n) is 2.93. The molecule has 1 amide bonds. The minimum atomic E-state index is -0.985. The molecule has 2 N–H and O–H groups in total. The smallest absolute Gasteiger partial charge is 0.327 e. The van der Waals surface area contributed by atoms with Gasteiger partial charge in [-0.3, -0.25) is 4.79 Å². The molecular formula is C13H15NO4S. The predicted molar refractivity (Wildman–Crippen MR) is 72.5 cm³/mol. The first-order valence-electron chi connectivity index (χ1n) is 5.88. The van der Waals surface area contributed by atoms with Gasteiger partial charge in [0.25, 0.3) is 0 Å². The summed E-state index contributed by atoms with van der Waals surface area (Å²) in [6, 6.07) is 6.76. The Hall–Kier alpha value is -1.69. The van der Waals surface area contributed by atoms with Crippen LogP contribution in [-0.2, 0) is 16.0 Å². The fourth-order valence-electron chi connectivity index (χ4n) is 1.89. The summed E-state index contributed by atoms with van der Waals surface area (Å²) in [6.07, 6.45) is 0.569. The number of hydrogen-bond donors (Lipinski definition) is 2. The van der Waals surface area contributed by atoms with E-state index in [1.54, 1.807) is 7.11 Å². The maximum Gasteiger partial charge on any atom is 0.327 e. The Bertz CT molecular complexity index is 491. The number of aliphatic carboxylic acids is 1. The van der Waals surface area contributed by atoms with Crippen molar-refractivity contribution >= 4 is 23.6 Å². The van der Waals surface area contributed by atoms with Gasteiger partial charge in [0.05, 0.1) is 12.4 Å². The minimum absolute atomic E-state index is 0.216. The molecule has 1 saturated heterocycles. The highest BCUT2D eigenvalue weighted by molar-refractivity contribution is 8.00. The Morgan fingerprint density at radius 3 is 3.00 bits per heavy atom. The lowest BCUT2D eigenvalue weighted by atomic mass is 10.1.